The van der Waals surface area contributed by atoms with E-state index in [-0.39, 0.29) is 11.9 Å². The van der Waals surface area contributed by atoms with E-state index in [0.717, 1.165) is 0 Å². The summed E-state index contributed by atoms with van der Waals surface area (Å²) in [7, 11) is 0. The number of guanidine groups is 2. The lowest BCUT2D eigenvalue weighted by Crippen LogP contribution is -2.32. The number of nitrogens with zero attached hydrogens (tertiary/aromatic N) is 2. The maximum absolute atomic E-state index is 7.88. The van der Waals surface area contributed by atoms with Gasteiger partial charge in [-0.05, 0) is 24.3 Å². The first-order valence-electron chi connectivity index (χ1n) is 5.63. The van der Waals surface area contributed by atoms with Crippen molar-refractivity contribution in [2.45, 2.75) is 13.1 Å². The summed E-state index contributed by atoms with van der Waals surface area (Å²) in [4.78, 5) is 5.37. The van der Waals surface area contributed by atoms with Crippen molar-refractivity contribution in [3.8, 4) is 0 Å². The monoisotopic (exact) mass is 261 g/mol. The topological polar surface area (TPSA) is 118 Å². The van der Waals surface area contributed by atoms with Crippen molar-refractivity contribution in [1.82, 2.24) is 4.90 Å². The fourth-order valence-electron chi connectivity index (χ4n) is 1.58. The molecule has 0 aromatic carbocycles. The molecule has 0 atom stereocenters. The molecule has 7 nitrogen and oxygen atoms in total. The summed E-state index contributed by atoms with van der Waals surface area (Å²) in [6.07, 6.45) is 3.15. The summed E-state index contributed by atoms with van der Waals surface area (Å²) in [5, 5.41) is 7.88. The predicted molar refractivity (Wildman–Crippen MR) is 70.2 cm³/mol. The van der Waals surface area contributed by atoms with Gasteiger partial charge in [-0.2, -0.15) is 4.99 Å². The normalized spacial score (nSPS) is 10.1. The van der Waals surface area contributed by atoms with Gasteiger partial charge in [0.25, 0.3) is 0 Å². The van der Waals surface area contributed by atoms with Crippen molar-refractivity contribution in [3.63, 3.8) is 0 Å². The molecule has 7 heteroatoms. The molecule has 0 aliphatic heterocycles. The number of rotatable bonds is 4. The second-order valence-electron chi connectivity index (χ2n) is 3.88. The number of hydrogen-bond donors (Lipinski definition) is 3. The molecule has 2 aromatic heterocycles. The third kappa shape index (κ3) is 3.63. The zero-order valence-corrected chi connectivity index (χ0v) is 10.2. The highest BCUT2D eigenvalue weighted by Crippen LogP contribution is 2.11. The third-order valence-corrected chi connectivity index (χ3v) is 2.39. The Morgan fingerprint density at radius 1 is 1.11 bits per heavy atom. The van der Waals surface area contributed by atoms with Crippen LogP contribution in [0, 0.1) is 5.41 Å². The van der Waals surface area contributed by atoms with Gasteiger partial charge in [0.15, 0.2) is 5.96 Å². The zero-order chi connectivity index (χ0) is 13.7. The average Bonchev–Trinajstić information content (AvgIpc) is 2.99. The Bertz CT molecular complexity index is 504. The Kier molecular flexibility index (Phi) is 3.87. The van der Waals surface area contributed by atoms with Crippen molar-refractivity contribution in [1.29, 1.82) is 5.41 Å². The maximum Gasteiger partial charge on any atom is 0.221 e. The second kappa shape index (κ2) is 5.76. The molecule has 0 aliphatic rings. The van der Waals surface area contributed by atoms with Gasteiger partial charge in [-0.25, -0.2) is 0 Å². The number of hydrogen-bond acceptors (Lipinski definition) is 3. The van der Waals surface area contributed by atoms with Crippen molar-refractivity contribution in [2.24, 2.45) is 16.5 Å². The maximum atomic E-state index is 7.88. The van der Waals surface area contributed by atoms with Gasteiger partial charge in [-0.15, -0.1) is 0 Å². The summed E-state index contributed by atoms with van der Waals surface area (Å²) in [5.74, 6) is 1.21. The highest BCUT2D eigenvalue weighted by molar-refractivity contribution is 5.91. The van der Waals surface area contributed by atoms with Crippen molar-refractivity contribution >= 4 is 11.9 Å². The van der Waals surface area contributed by atoms with Crippen LogP contribution in [0.5, 0.6) is 0 Å². The van der Waals surface area contributed by atoms with Crippen LogP contribution in [0.4, 0.5) is 0 Å². The van der Waals surface area contributed by atoms with Crippen LogP contribution in [0.2, 0.25) is 0 Å². The van der Waals surface area contributed by atoms with E-state index in [1.54, 1.807) is 29.6 Å². The summed E-state index contributed by atoms with van der Waals surface area (Å²) >= 11 is 0. The van der Waals surface area contributed by atoms with E-state index in [1.807, 2.05) is 12.1 Å². The molecule has 0 saturated carbocycles. The Morgan fingerprint density at radius 3 is 2.00 bits per heavy atom. The SMILES string of the molecule is N=C(N=C(N)N)N(Cc1ccco1)Cc1ccco1. The summed E-state index contributed by atoms with van der Waals surface area (Å²) in [5.41, 5.74) is 10.6. The molecule has 2 rings (SSSR count). The van der Waals surface area contributed by atoms with Crippen molar-refractivity contribution in [2.75, 3.05) is 0 Å². The van der Waals surface area contributed by atoms with E-state index < -0.39 is 0 Å². The van der Waals surface area contributed by atoms with Gasteiger partial charge in [0.05, 0.1) is 25.6 Å². The molecule has 0 radical (unpaired) electrons. The van der Waals surface area contributed by atoms with E-state index in [2.05, 4.69) is 4.99 Å². The molecule has 0 bridgehead atoms. The fraction of sp³-hybridized carbons (Fsp3) is 0.167. The largest absolute Gasteiger partial charge is 0.467 e. The summed E-state index contributed by atoms with van der Waals surface area (Å²) < 4.78 is 10.5. The van der Waals surface area contributed by atoms with Crippen molar-refractivity contribution in [3.05, 3.63) is 48.3 Å². The molecular weight excluding hydrogens is 246 g/mol. The van der Waals surface area contributed by atoms with Crippen LogP contribution in [-0.4, -0.2) is 16.8 Å². The lowest BCUT2D eigenvalue weighted by atomic mass is 10.3. The minimum absolute atomic E-state index is 0.0483. The van der Waals surface area contributed by atoms with Crippen LogP contribution < -0.4 is 11.5 Å². The standard InChI is InChI=1S/C12H15N5O2/c13-11(14)16-12(15)17(7-9-3-1-5-18-9)8-10-4-2-6-19-10/h1-6H,7-8H2,(H5,13,14,15,16). The van der Waals surface area contributed by atoms with Gasteiger partial charge in [0, 0.05) is 0 Å². The smallest absolute Gasteiger partial charge is 0.221 e. The lowest BCUT2D eigenvalue weighted by molar-refractivity contribution is 0.321. The van der Waals surface area contributed by atoms with Crippen LogP contribution in [-0.2, 0) is 13.1 Å². The Balaban J connectivity index is 2.12. The first kappa shape index (κ1) is 12.7. The summed E-state index contributed by atoms with van der Waals surface area (Å²) in [6.45, 7) is 0.757. The lowest BCUT2D eigenvalue weighted by Gasteiger charge is -2.20. The van der Waals surface area contributed by atoms with Gasteiger partial charge in [0.1, 0.15) is 11.5 Å². The first-order chi connectivity index (χ1) is 9.15. The minimum atomic E-state index is -0.158. The van der Waals surface area contributed by atoms with Gasteiger partial charge in [0.2, 0.25) is 5.96 Å². The molecule has 5 N–H and O–H groups in total. The summed E-state index contributed by atoms with van der Waals surface area (Å²) in [6, 6.07) is 7.20. The van der Waals surface area contributed by atoms with Crippen LogP contribution in [0.1, 0.15) is 11.5 Å². The number of nitrogens with two attached hydrogens (primary N) is 2. The van der Waals surface area contributed by atoms with Crippen LogP contribution >= 0.6 is 0 Å². The predicted octanol–water partition coefficient (Wildman–Crippen LogP) is 1.08. The van der Waals surface area contributed by atoms with Crippen LogP contribution in [0.25, 0.3) is 0 Å². The third-order valence-electron chi connectivity index (χ3n) is 2.39. The number of nitrogens with one attached hydrogen (secondary N) is 1. The Labute approximate surface area is 110 Å². The van der Waals surface area contributed by atoms with Crippen LogP contribution in [0.15, 0.2) is 50.6 Å². The molecule has 0 spiro atoms. The number of furan rings is 2. The first-order valence-corrected chi connectivity index (χ1v) is 5.63. The molecule has 0 fully saturated rings. The molecule has 0 saturated heterocycles. The van der Waals surface area contributed by atoms with E-state index >= 15 is 0 Å². The minimum Gasteiger partial charge on any atom is -0.467 e. The Hall–Kier alpha value is -2.70. The van der Waals surface area contributed by atoms with E-state index in [0.29, 0.717) is 24.6 Å². The molecule has 2 heterocycles. The quantitative estimate of drug-likeness (QED) is 0.562. The average molecular weight is 261 g/mol. The van der Waals surface area contributed by atoms with Gasteiger partial charge in [-0.1, -0.05) is 0 Å². The fourth-order valence-corrected chi connectivity index (χ4v) is 1.58. The van der Waals surface area contributed by atoms with Gasteiger partial charge in [-0.3, -0.25) is 5.41 Å². The Morgan fingerprint density at radius 2 is 1.63 bits per heavy atom. The van der Waals surface area contributed by atoms with Crippen LogP contribution in [0.3, 0.4) is 0 Å². The molecule has 100 valence electrons. The van der Waals surface area contributed by atoms with Crippen molar-refractivity contribution < 1.29 is 8.83 Å². The number of aliphatic imine (C=N–C) groups is 1. The zero-order valence-electron chi connectivity index (χ0n) is 10.2. The molecule has 19 heavy (non-hydrogen) atoms. The highest BCUT2D eigenvalue weighted by atomic mass is 16.3. The van der Waals surface area contributed by atoms with E-state index in [9.17, 15) is 0 Å². The molecule has 0 unspecified atom stereocenters. The second-order valence-corrected chi connectivity index (χ2v) is 3.88. The molecule has 0 aliphatic carbocycles. The molecular formula is C12H15N5O2. The van der Waals surface area contributed by atoms with Gasteiger partial charge >= 0.3 is 0 Å². The van der Waals surface area contributed by atoms with E-state index in [1.165, 1.54) is 0 Å². The molecule has 0 amide bonds. The molecule has 2 aromatic rings. The van der Waals surface area contributed by atoms with E-state index in [4.69, 9.17) is 25.7 Å². The van der Waals surface area contributed by atoms with Gasteiger partial charge < -0.3 is 25.2 Å². The highest BCUT2D eigenvalue weighted by Gasteiger charge is 2.14.